The molecule has 2 aromatic rings. The van der Waals surface area contributed by atoms with Gasteiger partial charge >= 0.3 is 6.18 Å². The SMILES string of the molecule is CCOc1ccc(NC(=O)/C(C#N)=C/c2ccc(OCC(F)(F)F)c(OC)c2)cc1. The summed E-state index contributed by atoms with van der Waals surface area (Å²) >= 11 is 0. The van der Waals surface area contributed by atoms with Gasteiger partial charge in [0.05, 0.1) is 13.7 Å². The number of hydrogen-bond donors (Lipinski definition) is 1. The van der Waals surface area contributed by atoms with Gasteiger partial charge in [-0.15, -0.1) is 0 Å². The number of rotatable bonds is 8. The third-order valence-electron chi connectivity index (χ3n) is 3.68. The Bertz CT molecular complexity index is 948. The number of hydrogen-bond acceptors (Lipinski definition) is 5. The van der Waals surface area contributed by atoms with Crippen molar-refractivity contribution in [2.75, 3.05) is 25.6 Å². The number of anilines is 1. The molecule has 1 amide bonds. The maximum absolute atomic E-state index is 12.4. The average Bonchev–Trinajstić information content (AvgIpc) is 2.71. The Morgan fingerprint density at radius 2 is 1.83 bits per heavy atom. The molecule has 0 spiro atoms. The van der Waals surface area contributed by atoms with Gasteiger partial charge in [-0.1, -0.05) is 6.07 Å². The van der Waals surface area contributed by atoms with Crippen LogP contribution in [0.4, 0.5) is 18.9 Å². The topological polar surface area (TPSA) is 80.6 Å². The number of carbonyl (C=O) groups is 1. The lowest BCUT2D eigenvalue weighted by atomic mass is 10.1. The number of ether oxygens (including phenoxy) is 3. The highest BCUT2D eigenvalue weighted by Gasteiger charge is 2.29. The third kappa shape index (κ3) is 6.74. The van der Waals surface area contributed by atoms with Crippen molar-refractivity contribution < 1.29 is 32.2 Å². The van der Waals surface area contributed by atoms with Gasteiger partial charge in [-0.3, -0.25) is 4.79 Å². The first-order valence-corrected chi connectivity index (χ1v) is 8.79. The van der Waals surface area contributed by atoms with Gasteiger partial charge in [0.2, 0.25) is 0 Å². The monoisotopic (exact) mass is 420 g/mol. The maximum atomic E-state index is 12.4. The molecule has 0 saturated carbocycles. The smallest absolute Gasteiger partial charge is 0.422 e. The second kappa shape index (κ2) is 10.2. The summed E-state index contributed by atoms with van der Waals surface area (Å²) in [4.78, 5) is 12.4. The molecule has 0 aromatic heterocycles. The molecule has 0 aliphatic rings. The predicted molar refractivity (Wildman–Crippen MR) is 104 cm³/mol. The zero-order valence-corrected chi connectivity index (χ0v) is 16.2. The average molecular weight is 420 g/mol. The summed E-state index contributed by atoms with van der Waals surface area (Å²) in [5.41, 5.74) is 0.651. The van der Waals surface area contributed by atoms with Gasteiger partial charge < -0.3 is 19.5 Å². The molecule has 0 heterocycles. The molecule has 6 nitrogen and oxygen atoms in total. The van der Waals surface area contributed by atoms with E-state index in [1.54, 1.807) is 30.3 Å². The van der Waals surface area contributed by atoms with Crippen LogP contribution in [0.25, 0.3) is 6.08 Å². The van der Waals surface area contributed by atoms with Gasteiger partial charge in [0.1, 0.15) is 17.4 Å². The van der Waals surface area contributed by atoms with E-state index in [1.165, 1.54) is 31.4 Å². The molecule has 0 unspecified atom stereocenters. The van der Waals surface area contributed by atoms with Crippen LogP contribution in [0.3, 0.4) is 0 Å². The Morgan fingerprint density at radius 3 is 2.40 bits per heavy atom. The zero-order chi connectivity index (χ0) is 22.1. The summed E-state index contributed by atoms with van der Waals surface area (Å²) < 4.78 is 52.1. The minimum absolute atomic E-state index is 0.0391. The summed E-state index contributed by atoms with van der Waals surface area (Å²) in [5.74, 6) is -0.0639. The fourth-order valence-corrected chi connectivity index (χ4v) is 2.37. The minimum atomic E-state index is -4.49. The van der Waals surface area contributed by atoms with Crippen LogP contribution in [0.5, 0.6) is 17.2 Å². The van der Waals surface area contributed by atoms with Crippen molar-refractivity contribution in [2.45, 2.75) is 13.1 Å². The van der Waals surface area contributed by atoms with Gasteiger partial charge in [-0.05, 0) is 55.0 Å². The van der Waals surface area contributed by atoms with Crippen LogP contribution in [0.1, 0.15) is 12.5 Å². The molecule has 2 rings (SSSR count). The summed E-state index contributed by atoms with van der Waals surface area (Å²) in [7, 11) is 1.27. The maximum Gasteiger partial charge on any atom is 0.422 e. The van der Waals surface area contributed by atoms with Gasteiger partial charge in [-0.2, -0.15) is 18.4 Å². The minimum Gasteiger partial charge on any atom is -0.494 e. The molecule has 0 bridgehead atoms. The molecule has 1 N–H and O–H groups in total. The molecule has 0 atom stereocenters. The highest BCUT2D eigenvalue weighted by atomic mass is 19.4. The van der Waals surface area contributed by atoms with Crippen molar-refractivity contribution in [3.63, 3.8) is 0 Å². The first-order chi connectivity index (χ1) is 14.3. The third-order valence-corrected chi connectivity index (χ3v) is 3.68. The van der Waals surface area contributed by atoms with Crippen LogP contribution in [0.2, 0.25) is 0 Å². The van der Waals surface area contributed by atoms with E-state index in [-0.39, 0.29) is 17.1 Å². The van der Waals surface area contributed by atoms with Crippen molar-refractivity contribution in [1.29, 1.82) is 5.26 Å². The van der Waals surface area contributed by atoms with Gasteiger partial charge in [-0.25, -0.2) is 0 Å². The van der Waals surface area contributed by atoms with E-state index in [2.05, 4.69) is 5.32 Å². The first kappa shape index (κ1) is 22.6. The molecular formula is C21H19F3N2O4. The van der Waals surface area contributed by atoms with Crippen molar-refractivity contribution >= 4 is 17.7 Å². The molecule has 30 heavy (non-hydrogen) atoms. The van der Waals surface area contributed by atoms with Gasteiger partial charge in [0, 0.05) is 5.69 Å². The zero-order valence-electron chi connectivity index (χ0n) is 16.2. The number of amides is 1. The summed E-state index contributed by atoms with van der Waals surface area (Å²) in [6.45, 7) is 0.895. The van der Waals surface area contributed by atoms with E-state index < -0.39 is 18.7 Å². The van der Waals surface area contributed by atoms with Crippen molar-refractivity contribution in [2.24, 2.45) is 0 Å². The van der Waals surface area contributed by atoms with Crippen molar-refractivity contribution in [1.82, 2.24) is 0 Å². The summed E-state index contributed by atoms with van der Waals surface area (Å²) in [6.07, 6.45) is -3.20. The van der Waals surface area contributed by atoms with Crippen LogP contribution in [-0.4, -0.2) is 32.4 Å². The number of alkyl halides is 3. The van der Waals surface area contributed by atoms with Crippen LogP contribution in [0.15, 0.2) is 48.0 Å². The molecule has 0 saturated heterocycles. The van der Waals surface area contributed by atoms with E-state index in [9.17, 15) is 23.2 Å². The number of benzene rings is 2. The van der Waals surface area contributed by atoms with Gasteiger partial charge in [0.25, 0.3) is 5.91 Å². The summed E-state index contributed by atoms with van der Waals surface area (Å²) in [5, 5.41) is 11.9. The molecule has 0 fully saturated rings. The second-order valence-electron chi connectivity index (χ2n) is 5.90. The van der Waals surface area contributed by atoms with Crippen LogP contribution in [-0.2, 0) is 4.79 Å². The Kier molecular flexibility index (Phi) is 7.69. The standard InChI is InChI=1S/C21H19F3N2O4/c1-3-29-17-7-5-16(6-8-17)26-20(27)15(12-25)10-14-4-9-18(19(11-14)28-2)30-13-21(22,23)24/h4-11H,3,13H2,1-2H3,(H,26,27)/b15-10+. The van der Waals surface area contributed by atoms with E-state index in [0.29, 0.717) is 23.6 Å². The summed E-state index contributed by atoms with van der Waals surface area (Å²) in [6, 6.07) is 12.5. The number of methoxy groups -OCH3 is 1. The van der Waals surface area contributed by atoms with Crippen LogP contribution >= 0.6 is 0 Å². The number of nitriles is 1. The van der Waals surface area contributed by atoms with Crippen LogP contribution < -0.4 is 19.5 Å². The Hall–Kier alpha value is -3.67. The van der Waals surface area contributed by atoms with Crippen molar-refractivity contribution in [3.05, 3.63) is 53.6 Å². The molecule has 0 radical (unpaired) electrons. The molecule has 2 aromatic carbocycles. The number of nitrogens with zero attached hydrogens (tertiary/aromatic N) is 1. The Labute approximate surface area is 171 Å². The fraction of sp³-hybridized carbons (Fsp3) is 0.238. The number of halogens is 3. The highest BCUT2D eigenvalue weighted by Crippen LogP contribution is 2.30. The molecule has 0 aliphatic heterocycles. The Morgan fingerprint density at radius 1 is 1.13 bits per heavy atom. The predicted octanol–water partition coefficient (Wildman–Crippen LogP) is 4.58. The lowest BCUT2D eigenvalue weighted by Gasteiger charge is -2.13. The molecular weight excluding hydrogens is 401 g/mol. The lowest BCUT2D eigenvalue weighted by molar-refractivity contribution is -0.153. The van der Waals surface area contributed by atoms with E-state index >= 15 is 0 Å². The molecule has 158 valence electrons. The molecule has 0 aliphatic carbocycles. The number of nitrogens with one attached hydrogen (secondary N) is 1. The lowest BCUT2D eigenvalue weighted by Crippen LogP contribution is -2.19. The van der Waals surface area contributed by atoms with E-state index in [0.717, 1.165) is 0 Å². The first-order valence-electron chi connectivity index (χ1n) is 8.79. The van der Waals surface area contributed by atoms with Crippen LogP contribution in [0, 0.1) is 11.3 Å². The quantitative estimate of drug-likeness (QED) is 0.499. The van der Waals surface area contributed by atoms with Gasteiger partial charge in [0.15, 0.2) is 18.1 Å². The number of carbonyl (C=O) groups excluding carboxylic acids is 1. The fourth-order valence-electron chi connectivity index (χ4n) is 2.37. The Balaban J connectivity index is 2.15. The van der Waals surface area contributed by atoms with Crippen molar-refractivity contribution in [3.8, 4) is 23.3 Å². The normalized spacial score (nSPS) is 11.4. The second-order valence-corrected chi connectivity index (χ2v) is 5.90. The molecule has 9 heteroatoms. The largest absolute Gasteiger partial charge is 0.494 e. The highest BCUT2D eigenvalue weighted by molar-refractivity contribution is 6.09. The van der Waals surface area contributed by atoms with E-state index in [4.69, 9.17) is 14.2 Å². The van der Waals surface area contributed by atoms with E-state index in [1.807, 2.05) is 6.92 Å².